The van der Waals surface area contributed by atoms with Gasteiger partial charge < -0.3 is 20.1 Å². The van der Waals surface area contributed by atoms with E-state index in [2.05, 4.69) is 30.2 Å². The van der Waals surface area contributed by atoms with Gasteiger partial charge in [-0.3, -0.25) is 9.82 Å². The Hall–Kier alpha value is -3.81. The summed E-state index contributed by atoms with van der Waals surface area (Å²) in [6.45, 7) is 3.80. The minimum absolute atomic E-state index is 0.0832. The molecule has 13 heteroatoms. The second-order valence-corrected chi connectivity index (χ2v) is 10.0. The Bertz CT molecular complexity index is 1490. The zero-order chi connectivity index (χ0) is 26.6. The highest BCUT2D eigenvalue weighted by molar-refractivity contribution is 7.92. The Morgan fingerprint density at radius 1 is 1.14 bits per heavy atom. The number of rotatable bonds is 11. The van der Waals surface area contributed by atoms with Crippen molar-refractivity contribution < 1.29 is 22.7 Å². The minimum Gasteiger partial charge on any atom is -0.497 e. The fraction of sp³-hybridized carbons (Fsp3) is 0.292. The molecule has 0 amide bonds. The number of methoxy groups -OCH3 is 1. The molecule has 2 aromatic carbocycles. The first-order valence-electron chi connectivity index (χ1n) is 11.4. The Morgan fingerprint density at radius 2 is 1.89 bits per heavy atom. The van der Waals surface area contributed by atoms with Crippen LogP contribution in [0.2, 0.25) is 0 Å². The number of hydrogen-bond acceptors (Lipinski definition) is 9. The van der Waals surface area contributed by atoms with Crippen molar-refractivity contribution in [2.45, 2.75) is 11.8 Å². The Morgan fingerprint density at radius 3 is 2.59 bits per heavy atom. The fourth-order valence-corrected chi connectivity index (χ4v) is 4.85. The number of sulfonamides is 1. The highest BCUT2D eigenvalue weighted by atomic mass is 32.2. The molecule has 4 N–H and O–H groups in total. The average Bonchev–Trinajstić information content (AvgIpc) is 3.25. The van der Waals surface area contributed by atoms with Crippen molar-refractivity contribution in [2.24, 2.45) is 0 Å². The number of likely N-dealkylation sites (N-methyl/N-ethyl adjacent to an activating group) is 1. The molecule has 0 fully saturated rings. The van der Waals surface area contributed by atoms with Gasteiger partial charge in [0.05, 0.1) is 24.8 Å². The molecule has 196 valence electrons. The smallest absolute Gasteiger partial charge is 0.264 e. The van der Waals surface area contributed by atoms with Crippen molar-refractivity contribution in [1.29, 1.82) is 0 Å². The summed E-state index contributed by atoms with van der Waals surface area (Å²) in [6, 6.07) is 9.94. The predicted molar refractivity (Wildman–Crippen MR) is 139 cm³/mol. The van der Waals surface area contributed by atoms with E-state index in [-0.39, 0.29) is 18.0 Å². The van der Waals surface area contributed by atoms with Gasteiger partial charge in [-0.15, -0.1) is 0 Å². The number of ether oxygens (including phenoxy) is 1. The number of fused-ring (bicyclic) bond motifs is 1. The standard InChI is InChI=1S/C24H28FN7O4S/c1-15-21-23(26-10-11-32(2)12-13-33)27-22(28-24(21)30-29-15)16-4-6-17(7-5-16)31-37(34,35)20-14-18(36-3)8-9-19(20)25/h4-9,14,31,33H,10-13H2,1-3H3,(H2,26,27,28,29,30). The van der Waals surface area contributed by atoms with Crippen LogP contribution >= 0.6 is 0 Å². The van der Waals surface area contributed by atoms with Crippen LogP contribution in [0.3, 0.4) is 0 Å². The summed E-state index contributed by atoms with van der Waals surface area (Å²) < 4.78 is 47.1. The number of hydrogen-bond donors (Lipinski definition) is 4. The summed E-state index contributed by atoms with van der Waals surface area (Å²) in [5, 5.41) is 20.3. The van der Waals surface area contributed by atoms with Gasteiger partial charge >= 0.3 is 0 Å². The lowest BCUT2D eigenvalue weighted by Gasteiger charge is -2.16. The van der Waals surface area contributed by atoms with Gasteiger partial charge in [0.25, 0.3) is 10.0 Å². The molecule has 37 heavy (non-hydrogen) atoms. The van der Waals surface area contributed by atoms with Gasteiger partial charge in [0.2, 0.25) is 0 Å². The molecule has 0 bridgehead atoms. The predicted octanol–water partition coefficient (Wildman–Crippen LogP) is 2.61. The zero-order valence-electron chi connectivity index (χ0n) is 20.6. The molecule has 0 atom stereocenters. The van der Waals surface area contributed by atoms with Crippen LogP contribution in [0.5, 0.6) is 5.75 Å². The lowest BCUT2D eigenvalue weighted by atomic mass is 10.2. The molecule has 2 aromatic heterocycles. The number of nitrogens with one attached hydrogen (secondary N) is 3. The number of aromatic amines is 1. The number of aliphatic hydroxyl groups excluding tert-OH is 1. The van der Waals surface area contributed by atoms with E-state index in [1.54, 1.807) is 24.3 Å². The summed E-state index contributed by atoms with van der Waals surface area (Å²) in [5.41, 5.74) is 2.20. The van der Waals surface area contributed by atoms with E-state index < -0.39 is 20.7 Å². The molecule has 0 unspecified atom stereocenters. The molecular weight excluding hydrogens is 501 g/mol. The Balaban J connectivity index is 1.57. The summed E-state index contributed by atoms with van der Waals surface area (Å²) in [6.07, 6.45) is 0. The van der Waals surface area contributed by atoms with Crippen LogP contribution in [0, 0.1) is 12.7 Å². The molecule has 11 nitrogen and oxygen atoms in total. The summed E-state index contributed by atoms with van der Waals surface area (Å²) in [5.74, 6) is 0.366. The van der Waals surface area contributed by atoms with Gasteiger partial charge in [-0.05, 0) is 50.4 Å². The van der Waals surface area contributed by atoms with Crippen LogP contribution in [0.1, 0.15) is 5.69 Å². The Labute approximate surface area is 213 Å². The molecule has 4 aromatic rings. The van der Waals surface area contributed by atoms with Gasteiger partial charge in [0.1, 0.15) is 22.3 Å². The van der Waals surface area contributed by atoms with E-state index in [1.807, 2.05) is 18.9 Å². The summed E-state index contributed by atoms with van der Waals surface area (Å²) >= 11 is 0. The lowest BCUT2D eigenvalue weighted by molar-refractivity contribution is 0.225. The monoisotopic (exact) mass is 529 g/mol. The number of aryl methyl sites for hydroxylation is 1. The molecule has 0 aliphatic rings. The van der Waals surface area contributed by atoms with Crippen LogP contribution in [0.4, 0.5) is 15.9 Å². The molecule has 0 aliphatic carbocycles. The average molecular weight is 530 g/mol. The van der Waals surface area contributed by atoms with Crippen molar-refractivity contribution >= 4 is 32.6 Å². The van der Waals surface area contributed by atoms with Crippen molar-refractivity contribution in [3.8, 4) is 17.1 Å². The third-order valence-corrected chi connectivity index (χ3v) is 7.09. The number of anilines is 2. The molecule has 0 radical (unpaired) electrons. The third-order valence-electron chi connectivity index (χ3n) is 5.69. The van der Waals surface area contributed by atoms with Gasteiger partial charge in [0, 0.05) is 37.0 Å². The van der Waals surface area contributed by atoms with Crippen molar-refractivity contribution in [3.05, 3.63) is 54.0 Å². The molecule has 0 saturated heterocycles. The van der Waals surface area contributed by atoms with Crippen LogP contribution in [0.25, 0.3) is 22.4 Å². The van der Waals surface area contributed by atoms with Crippen LogP contribution in [-0.4, -0.2) is 79.0 Å². The van der Waals surface area contributed by atoms with E-state index in [4.69, 9.17) is 9.84 Å². The van der Waals surface area contributed by atoms with Crippen LogP contribution in [-0.2, 0) is 10.0 Å². The molecule has 0 saturated carbocycles. The van der Waals surface area contributed by atoms with Crippen molar-refractivity contribution in [2.75, 3.05) is 50.4 Å². The zero-order valence-corrected chi connectivity index (χ0v) is 21.4. The molecule has 2 heterocycles. The number of aliphatic hydroxyl groups is 1. The minimum atomic E-state index is -4.19. The van der Waals surface area contributed by atoms with E-state index in [0.29, 0.717) is 42.5 Å². The molecule has 0 spiro atoms. The van der Waals surface area contributed by atoms with E-state index >= 15 is 0 Å². The quantitative estimate of drug-likeness (QED) is 0.230. The SMILES string of the molecule is COc1ccc(F)c(S(=O)(=O)Nc2ccc(-c3nc(NCCN(C)CCO)c4c(C)n[nH]c4n3)cc2)c1. The van der Waals surface area contributed by atoms with Gasteiger partial charge in [-0.2, -0.15) is 5.10 Å². The maximum atomic E-state index is 14.2. The van der Waals surface area contributed by atoms with Crippen molar-refractivity contribution in [1.82, 2.24) is 25.1 Å². The summed E-state index contributed by atoms with van der Waals surface area (Å²) in [4.78, 5) is 10.7. The Kier molecular flexibility index (Phi) is 7.86. The first-order chi connectivity index (χ1) is 17.7. The number of aromatic nitrogens is 4. The number of nitrogens with zero attached hydrogens (tertiary/aromatic N) is 4. The maximum absolute atomic E-state index is 14.2. The first-order valence-corrected chi connectivity index (χ1v) is 12.9. The van der Waals surface area contributed by atoms with Gasteiger partial charge in [0.15, 0.2) is 11.5 Å². The fourth-order valence-electron chi connectivity index (χ4n) is 3.70. The molecule has 0 aliphatic heterocycles. The largest absolute Gasteiger partial charge is 0.497 e. The highest BCUT2D eigenvalue weighted by Crippen LogP contribution is 2.28. The summed E-state index contributed by atoms with van der Waals surface area (Å²) in [7, 11) is -0.899. The van der Waals surface area contributed by atoms with Crippen LogP contribution < -0.4 is 14.8 Å². The molecular formula is C24H28FN7O4S. The third kappa shape index (κ3) is 5.96. The van der Waals surface area contributed by atoms with Crippen molar-refractivity contribution in [3.63, 3.8) is 0 Å². The normalized spacial score (nSPS) is 11.7. The van der Waals surface area contributed by atoms with E-state index in [0.717, 1.165) is 23.2 Å². The van der Waals surface area contributed by atoms with E-state index in [9.17, 15) is 12.8 Å². The van der Waals surface area contributed by atoms with Crippen LogP contribution in [0.15, 0.2) is 47.4 Å². The van der Waals surface area contributed by atoms with E-state index in [1.165, 1.54) is 13.2 Å². The number of benzene rings is 2. The number of H-pyrrole nitrogens is 1. The maximum Gasteiger partial charge on any atom is 0.264 e. The number of halogens is 1. The highest BCUT2D eigenvalue weighted by Gasteiger charge is 2.21. The van der Waals surface area contributed by atoms with Gasteiger partial charge in [-0.25, -0.2) is 22.8 Å². The topological polar surface area (TPSA) is 145 Å². The molecule has 4 rings (SSSR count). The lowest BCUT2D eigenvalue weighted by Crippen LogP contribution is -2.28. The second kappa shape index (κ2) is 11.1. The second-order valence-electron chi connectivity index (χ2n) is 8.36. The first kappa shape index (κ1) is 26.3. The van der Waals surface area contributed by atoms with Gasteiger partial charge in [-0.1, -0.05) is 0 Å².